The van der Waals surface area contributed by atoms with Crippen LogP contribution in [0.1, 0.15) is 77.1 Å². The van der Waals surface area contributed by atoms with E-state index in [1.54, 1.807) is 0 Å². The number of hydrogen-bond acceptors (Lipinski definition) is 4. The van der Waals surface area contributed by atoms with E-state index in [1.165, 1.54) is 25.7 Å². The van der Waals surface area contributed by atoms with Gasteiger partial charge in [-0.3, -0.25) is 0 Å². The van der Waals surface area contributed by atoms with E-state index in [2.05, 4.69) is 43.2 Å². The van der Waals surface area contributed by atoms with Gasteiger partial charge in [-0.05, 0) is 31.7 Å². The van der Waals surface area contributed by atoms with E-state index in [0.29, 0.717) is 11.8 Å². The maximum atomic E-state index is 5.89. The van der Waals surface area contributed by atoms with Crippen LogP contribution in [0.2, 0.25) is 0 Å². The summed E-state index contributed by atoms with van der Waals surface area (Å²) in [7, 11) is 0. The third-order valence-electron chi connectivity index (χ3n) is 4.14. The summed E-state index contributed by atoms with van der Waals surface area (Å²) >= 11 is 0. The minimum Gasteiger partial charge on any atom is -0.423 e. The standard InChI is InChI=1S/C14H25N3O/c1-5-15-10(2)12-16-17-13(18-12)11-8-6-7-9-14(11,3)4/h10-11,15H,5-9H2,1-4H3. The molecule has 0 aromatic carbocycles. The molecule has 1 aliphatic rings. The van der Waals surface area contributed by atoms with Crippen molar-refractivity contribution in [1.29, 1.82) is 0 Å². The Labute approximate surface area is 110 Å². The van der Waals surface area contributed by atoms with E-state index in [9.17, 15) is 0 Å². The summed E-state index contributed by atoms with van der Waals surface area (Å²) < 4.78 is 5.89. The molecule has 1 heterocycles. The molecule has 2 unspecified atom stereocenters. The van der Waals surface area contributed by atoms with Gasteiger partial charge in [0, 0.05) is 5.92 Å². The normalized spacial score (nSPS) is 25.0. The Balaban J connectivity index is 2.13. The molecular weight excluding hydrogens is 226 g/mol. The quantitative estimate of drug-likeness (QED) is 0.890. The van der Waals surface area contributed by atoms with E-state index in [0.717, 1.165) is 12.4 Å². The van der Waals surface area contributed by atoms with E-state index >= 15 is 0 Å². The van der Waals surface area contributed by atoms with Crippen LogP contribution in [0.5, 0.6) is 0 Å². The lowest BCUT2D eigenvalue weighted by molar-refractivity contribution is 0.170. The maximum Gasteiger partial charge on any atom is 0.233 e. The number of nitrogens with one attached hydrogen (secondary N) is 1. The molecule has 0 bridgehead atoms. The second kappa shape index (κ2) is 5.39. The average molecular weight is 251 g/mol. The van der Waals surface area contributed by atoms with Gasteiger partial charge in [-0.1, -0.05) is 33.6 Å². The highest BCUT2D eigenvalue weighted by Gasteiger charge is 2.37. The molecule has 1 fully saturated rings. The summed E-state index contributed by atoms with van der Waals surface area (Å²) in [5.41, 5.74) is 0.281. The molecule has 0 aliphatic heterocycles. The molecule has 1 aromatic rings. The Morgan fingerprint density at radius 3 is 2.83 bits per heavy atom. The summed E-state index contributed by atoms with van der Waals surface area (Å²) in [6, 6.07) is 0.142. The summed E-state index contributed by atoms with van der Waals surface area (Å²) in [6.45, 7) is 9.68. The second-order valence-corrected chi connectivity index (χ2v) is 6.04. The van der Waals surface area contributed by atoms with Gasteiger partial charge in [-0.15, -0.1) is 10.2 Å². The molecule has 102 valence electrons. The molecule has 1 aliphatic carbocycles. The molecule has 2 atom stereocenters. The first-order valence-electron chi connectivity index (χ1n) is 7.11. The van der Waals surface area contributed by atoms with Gasteiger partial charge in [0.1, 0.15) is 0 Å². The Morgan fingerprint density at radius 2 is 2.17 bits per heavy atom. The van der Waals surface area contributed by atoms with Crippen molar-refractivity contribution in [1.82, 2.24) is 15.5 Å². The van der Waals surface area contributed by atoms with Crippen LogP contribution in [0, 0.1) is 5.41 Å². The molecule has 18 heavy (non-hydrogen) atoms. The van der Waals surface area contributed by atoms with Gasteiger partial charge >= 0.3 is 0 Å². The lowest BCUT2D eigenvalue weighted by Crippen LogP contribution is -2.26. The van der Waals surface area contributed by atoms with E-state index in [-0.39, 0.29) is 11.5 Å². The SMILES string of the molecule is CCNC(C)c1nnc(C2CCCCC2(C)C)o1. The predicted octanol–water partition coefficient (Wildman–Crippen LogP) is 3.42. The van der Waals surface area contributed by atoms with E-state index < -0.39 is 0 Å². The molecule has 2 rings (SSSR count). The monoisotopic (exact) mass is 251 g/mol. The zero-order chi connectivity index (χ0) is 13.2. The van der Waals surface area contributed by atoms with Crippen LogP contribution in [-0.2, 0) is 0 Å². The van der Waals surface area contributed by atoms with Crippen LogP contribution >= 0.6 is 0 Å². The Bertz CT molecular complexity index is 386. The fraction of sp³-hybridized carbons (Fsp3) is 0.857. The predicted molar refractivity (Wildman–Crippen MR) is 71.4 cm³/mol. The van der Waals surface area contributed by atoms with Crippen molar-refractivity contribution in [3.63, 3.8) is 0 Å². The highest BCUT2D eigenvalue weighted by Crippen LogP contribution is 2.46. The lowest BCUT2D eigenvalue weighted by Gasteiger charge is -2.36. The van der Waals surface area contributed by atoms with Crippen LogP contribution in [0.25, 0.3) is 0 Å². The van der Waals surface area contributed by atoms with Crippen molar-refractivity contribution in [3.8, 4) is 0 Å². The molecule has 1 saturated carbocycles. The van der Waals surface area contributed by atoms with Crippen molar-refractivity contribution in [2.75, 3.05) is 6.54 Å². The number of rotatable bonds is 4. The van der Waals surface area contributed by atoms with Crippen molar-refractivity contribution in [3.05, 3.63) is 11.8 Å². The highest BCUT2D eigenvalue weighted by molar-refractivity contribution is 5.02. The van der Waals surface area contributed by atoms with Crippen molar-refractivity contribution in [2.45, 2.75) is 65.3 Å². The molecule has 1 N–H and O–H groups in total. The number of hydrogen-bond donors (Lipinski definition) is 1. The minimum atomic E-state index is 0.142. The van der Waals surface area contributed by atoms with E-state index in [4.69, 9.17) is 4.42 Å². The molecule has 4 nitrogen and oxygen atoms in total. The summed E-state index contributed by atoms with van der Waals surface area (Å²) in [6.07, 6.45) is 5.01. The molecule has 4 heteroatoms. The van der Waals surface area contributed by atoms with Crippen LogP contribution in [0.15, 0.2) is 4.42 Å². The largest absolute Gasteiger partial charge is 0.423 e. The molecular formula is C14H25N3O. The van der Waals surface area contributed by atoms with Crippen LogP contribution in [0.4, 0.5) is 0 Å². The molecule has 0 saturated heterocycles. The first-order valence-corrected chi connectivity index (χ1v) is 7.11. The number of nitrogens with zero attached hydrogens (tertiary/aromatic N) is 2. The minimum absolute atomic E-state index is 0.142. The van der Waals surface area contributed by atoms with Crippen molar-refractivity contribution < 1.29 is 4.42 Å². The molecule has 1 aromatic heterocycles. The van der Waals surface area contributed by atoms with Gasteiger partial charge in [0.15, 0.2) is 0 Å². The summed E-state index contributed by atoms with van der Waals surface area (Å²) in [5, 5.41) is 11.8. The Morgan fingerprint density at radius 1 is 1.39 bits per heavy atom. The molecule has 0 radical (unpaired) electrons. The topological polar surface area (TPSA) is 51.0 Å². The first kappa shape index (κ1) is 13.5. The summed E-state index contributed by atoms with van der Waals surface area (Å²) in [5.74, 6) is 1.97. The number of aromatic nitrogens is 2. The zero-order valence-corrected chi connectivity index (χ0v) is 12.0. The van der Waals surface area contributed by atoms with Crippen molar-refractivity contribution in [2.24, 2.45) is 5.41 Å². The van der Waals surface area contributed by atoms with Gasteiger partial charge in [0.2, 0.25) is 11.8 Å². The van der Waals surface area contributed by atoms with Gasteiger partial charge < -0.3 is 9.73 Å². The van der Waals surface area contributed by atoms with Crippen LogP contribution in [-0.4, -0.2) is 16.7 Å². The fourth-order valence-corrected chi connectivity index (χ4v) is 2.91. The summed E-state index contributed by atoms with van der Waals surface area (Å²) in [4.78, 5) is 0. The van der Waals surface area contributed by atoms with Gasteiger partial charge in [-0.25, -0.2) is 0 Å². The average Bonchev–Trinajstić information content (AvgIpc) is 2.78. The Hall–Kier alpha value is -0.900. The first-order chi connectivity index (χ1) is 8.54. The molecule has 0 spiro atoms. The van der Waals surface area contributed by atoms with Gasteiger partial charge in [0.05, 0.1) is 6.04 Å². The second-order valence-electron chi connectivity index (χ2n) is 6.04. The van der Waals surface area contributed by atoms with Crippen LogP contribution in [0.3, 0.4) is 0 Å². The molecule has 0 amide bonds. The highest BCUT2D eigenvalue weighted by atomic mass is 16.4. The lowest BCUT2D eigenvalue weighted by atomic mass is 9.69. The maximum absolute atomic E-state index is 5.89. The zero-order valence-electron chi connectivity index (χ0n) is 12.0. The van der Waals surface area contributed by atoms with E-state index in [1.807, 2.05) is 0 Å². The third kappa shape index (κ3) is 2.74. The van der Waals surface area contributed by atoms with Crippen molar-refractivity contribution >= 4 is 0 Å². The van der Waals surface area contributed by atoms with Gasteiger partial charge in [0.25, 0.3) is 0 Å². The van der Waals surface area contributed by atoms with Crippen LogP contribution < -0.4 is 5.32 Å². The third-order valence-corrected chi connectivity index (χ3v) is 4.14. The fourth-order valence-electron chi connectivity index (χ4n) is 2.91. The smallest absolute Gasteiger partial charge is 0.233 e. The Kier molecular flexibility index (Phi) is 4.05. The van der Waals surface area contributed by atoms with Gasteiger partial charge in [-0.2, -0.15) is 0 Å².